The second-order valence-electron chi connectivity index (χ2n) is 6.63. The zero-order valence-corrected chi connectivity index (χ0v) is 16.9. The van der Waals surface area contributed by atoms with E-state index in [1.54, 1.807) is 6.26 Å². The number of para-hydroxylation sites is 1. The normalized spacial score (nSPS) is 12.0. The lowest BCUT2D eigenvalue weighted by Crippen LogP contribution is -2.32. The van der Waals surface area contributed by atoms with Crippen LogP contribution in [-0.2, 0) is 11.2 Å². The maximum Gasteiger partial charge on any atom is 0.233 e. The van der Waals surface area contributed by atoms with E-state index in [4.69, 9.17) is 4.42 Å². The molecule has 2 aromatic heterocycles. The maximum atomic E-state index is 12.6. The Labute approximate surface area is 173 Å². The molecule has 1 N–H and O–H groups in total. The summed E-state index contributed by atoms with van der Waals surface area (Å²) in [7, 11) is 0. The molecule has 6 heteroatoms. The molecule has 0 bridgehead atoms. The van der Waals surface area contributed by atoms with Crippen molar-refractivity contribution in [1.29, 1.82) is 0 Å². The molecule has 4 aromatic rings. The van der Waals surface area contributed by atoms with Gasteiger partial charge in [-0.1, -0.05) is 60.3 Å². The number of aromatic nitrogens is 2. The average molecular weight is 404 g/mol. The SMILES string of the molecule is C[C@H](Sc1nc(-c2ccco2)nc2ccccc12)C(=O)NCCc1ccccc1. The molecular weight excluding hydrogens is 382 g/mol. The van der Waals surface area contributed by atoms with Gasteiger partial charge in [0.1, 0.15) is 5.03 Å². The summed E-state index contributed by atoms with van der Waals surface area (Å²) in [6.07, 6.45) is 2.41. The third kappa shape index (κ3) is 4.66. The Kier molecular flexibility index (Phi) is 5.91. The van der Waals surface area contributed by atoms with Crippen LogP contribution in [0.25, 0.3) is 22.5 Å². The van der Waals surface area contributed by atoms with Gasteiger partial charge in [0.15, 0.2) is 11.6 Å². The summed E-state index contributed by atoms with van der Waals surface area (Å²) < 4.78 is 5.46. The molecule has 0 aliphatic rings. The molecule has 146 valence electrons. The van der Waals surface area contributed by atoms with Crippen molar-refractivity contribution in [1.82, 2.24) is 15.3 Å². The number of nitrogens with one attached hydrogen (secondary N) is 1. The van der Waals surface area contributed by atoms with Crippen LogP contribution in [-0.4, -0.2) is 27.7 Å². The van der Waals surface area contributed by atoms with Crippen LogP contribution in [0.3, 0.4) is 0 Å². The molecule has 0 unspecified atom stereocenters. The van der Waals surface area contributed by atoms with E-state index in [9.17, 15) is 4.79 Å². The summed E-state index contributed by atoms with van der Waals surface area (Å²) >= 11 is 1.43. The quantitative estimate of drug-likeness (QED) is 0.357. The number of carbonyl (C=O) groups excluding carboxylic acids is 1. The summed E-state index contributed by atoms with van der Waals surface area (Å²) in [5.74, 6) is 1.12. The van der Waals surface area contributed by atoms with Gasteiger partial charge in [-0.15, -0.1) is 0 Å². The fraction of sp³-hybridized carbons (Fsp3) is 0.174. The highest BCUT2D eigenvalue weighted by atomic mass is 32.2. The molecule has 1 amide bonds. The van der Waals surface area contributed by atoms with E-state index in [-0.39, 0.29) is 11.2 Å². The fourth-order valence-corrected chi connectivity index (χ4v) is 3.96. The van der Waals surface area contributed by atoms with Gasteiger partial charge >= 0.3 is 0 Å². The highest BCUT2D eigenvalue weighted by Gasteiger charge is 2.18. The van der Waals surface area contributed by atoms with Gasteiger partial charge in [-0.25, -0.2) is 9.97 Å². The molecule has 0 aliphatic carbocycles. The Morgan fingerprint density at radius 1 is 1.03 bits per heavy atom. The van der Waals surface area contributed by atoms with Gasteiger partial charge < -0.3 is 9.73 Å². The zero-order valence-electron chi connectivity index (χ0n) is 16.0. The highest BCUT2D eigenvalue weighted by Crippen LogP contribution is 2.31. The number of benzene rings is 2. The van der Waals surface area contributed by atoms with E-state index in [1.165, 1.54) is 17.3 Å². The Bertz CT molecular complexity index is 1100. The fourth-order valence-electron chi connectivity index (χ4n) is 2.99. The van der Waals surface area contributed by atoms with Crippen molar-refractivity contribution in [2.75, 3.05) is 6.54 Å². The van der Waals surface area contributed by atoms with Gasteiger partial charge in [-0.05, 0) is 37.1 Å². The minimum atomic E-state index is -0.284. The Balaban J connectivity index is 1.48. The van der Waals surface area contributed by atoms with Crippen LogP contribution in [0.15, 0.2) is 82.4 Å². The predicted molar refractivity (Wildman–Crippen MR) is 116 cm³/mol. The molecular formula is C23H21N3O2S. The Hall–Kier alpha value is -3.12. The van der Waals surface area contributed by atoms with Gasteiger partial charge in [0, 0.05) is 11.9 Å². The van der Waals surface area contributed by atoms with E-state index in [0.717, 1.165) is 22.3 Å². The molecule has 2 heterocycles. The number of thioether (sulfide) groups is 1. The third-order valence-electron chi connectivity index (χ3n) is 4.52. The number of rotatable bonds is 7. The number of furan rings is 1. The minimum Gasteiger partial charge on any atom is -0.461 e. The van der Waals surface area contributed by atoms with Crippen molar-refractivity contribution in [3.05, 3.63) is 78.6 Å². The molecule has 0 fully saturated rings. The standard InChI is InChI=1S/C23H21N3O2S/c1-16(22(27)24-14-13-17-8-3-2-4-9-17)29-23-18-10-5-6-11-19(18)25-21(26-23)20-12-7-15-28-20/h2-12,15-16H,13-14H2,1H3,(H,24,27)/t16-/m0/s1. The molecule has 0 aliphatic heterocycles. The van der Waals surface area contributed by atoms with E-state index >= 15 is 0 Å². The third-order valence-corrected chi connectivity index (χ3v) is 5.63. The van der Waals surface area contributed by atoms with Crippen molar-refractivity contribution in [3.63, 3.8) is 0 Å². The summed E-state index contributed by atoms with van der Waals surface area (Å²) in [4.78, 5) is 21.9. The monoisotopic (exact) mass is 403 g/mol. The summed E-state index contributed by atoms with van der Waals surface area (Å²) in [6, 6.07) is 21.6. The summed E-state index contributed by atoms with van der Waals surface area (Å²) in [5, 5.41) is 4.43. The number of amides is 1. The largest absolute Gasteiger partial charge is 0.461 e. The molecule has 2 aromatic carbocycles. The van der Waals surface area contributed by atoms with Gasteiger partial charge in [0.05, 0.1) is 17.0 Å². The van der Waals surface area contributed by atoms with Crippen molar-refractivity contribution >= 4 is 28.6 Å². The van der Waals surface area contributed by atoms with E-state index in [2.05, 4.69) is 27.4 Å². The summed E-state index contributed by atoms with van der Waals surface area (Å²) in [6.45, 7) is 2.50. The Morgan fingerprint density at radius 3 is 2.62 bits per heavy atom. The van der Waals surface area contributed by atoms with Crippen LogP contribution in [0.5, 0.6) is 0 Å². The van der Waals surface area contributed by atoms with Crippen LogP contribution in [0.1, 0.15) is 12.5 Å². The van der Waals surface area contributed by atoms with Crippen LogP contribution >= 0.6 is 11.8 Å². The number of hydrogen-bond acceptors (Lipinski definition) is 5. The van der Waals surface area contributed by atoms with Crippen LogP contribution in [0.2, 0.25) is 0 Å². The average Bonchev–Trinajstić information content (AvgIpc) is 3.29. The molecule has 0 radical (unpaired) electrons. The van der Waals surface area contributed by atoms with E-state index in [0.29, 0.717) is 18.1 Å². The number of carbonyl (C=O) groups is 1. The van der Waals surface area contributed by atoms with Crippen LogP contribution < -0.4 is 5.32 Å². The van der Waals surface area contributed by atoms with E-state index < -0.39 is 0 Å². The van der Waals surface area contributed by atoms with Gasteiger partial charge in [0.2, 0.25) is 5.91 Å². The summed E-state index contributed by atoms with van der Waals surface area (Å²) in [5.41, 5.74) is 2.03. The van der Waals surface area contributed by atoms with Gasteiger partial charge in [-0.3, -0.25) is 4.79 Å². The number of nitrogens with zero attached hydrogens (tertiary/aromatic N) is 2. The number of fused-ring (bicyclic) bond motifs is 1. The van der Waals surface area contributed by atoms with Gasteiger partial charge in [-0.2, -0.15) is 0 Å². The zero-order chi connectivity index (χ0) is 20.1. The van der Waals surface area contributed by atoms with Gasteiger partial charge in [0.25, 0.3) is 0 Å². The molecule has 4 rings (SSSR count). The first-order valence-corrected chi connectivity index (χ1v) is 10.4. The van der Waals surface area contributed by atoms with Crippen molar-refractivity contribution in [2.24, 2.45) is 0 Å². The lowest BCUT2D eigenvalue weighted by molar-refractivity contribution is -0.120. The first-order valence-electron chi connectivity index (χ1n) is 9.49. The molecule has 0 saturated heterocycles. The predicted octanol–water partition coefficient (Wildman–Crippen LogP) is 4.73. The van der Waals surface area contributed by atoms with Crippen LogP contribution in [0, 0.1) is 0 Å². The van der Waals surface area contributed by atoms with Crippen molar-refractivity contribution < 1.29 is 9.21 Å². The molecule has 0 spiro atoms. The van der Waals surface area contributed by atoms with Crippen molar-refractivity contribution in [3.8, 4) is 11.6 Å². The first kappa shape index (κ1) is 19.2. The Morgan fingerprint density at radius 2 is 1.83 bits per heavy atom. The molecule has 0 saturated carbocycles. The first-order chi connectivity index (χ1) is 14.2. The lowest BCUT2D eigenvalue weighted by Gasteiger charge is -2.13. The minimum absolute atomic E-state index is 0.00632. The molecule has 1 atom stereocenters. The van der Waals surface area contributed by atoms with E-state index in [1.807, 2.05) is 61.5 Å². The number of hydrogen-bond donors (Lipinski definition) is 1. The second-order valence-corrected chi connectivity index (χ2v) is 7.96. The second kappa shape index (κ2) is 8.92. The van der Waals surface area contributed by atoms with Crippen molar-refractivity contribution in [2.45, 2.75) is 23.6 Å². The molecule has 29 heavy (non-hydrogen) atoms. The smallest absolute Gasteiger partial charge is 0.233 e. The lowest BCUT2D eigenvalue weighted by atomic mass is 10.1. The highest BCUT2D eigenvalue weighted by molar-refractivity contribution is 8.00. The van der Waals surface area contributed by atoms with Crippen LogP contribution in [0.4, 0.5) is 0 Å². The topological polar surface area (TPSA) is 68.0 Å². The molecule has 5 nitrogen and oxygen atoms in total. The maximum absolute atomic E-state index is 12.6.